The summed E-state index contributed by atoms with van der Waals surface area (Å²) in [7, 11) is 2.17. The maximum atomic E-state index is 10.0. The number of anilines is 1. The van der Waals surface area contributed by atoms with Gasteiger partial charge in [-0.1, -0.05) is 12.1 Å². The van der Waals surface area contributed by atoms with Crippen molar-refractivity contribution in [1.29, 1.82) is 0 Å². The van der Waals surface area contributed by atoms with Gasteiger partial charge < -0.3 is 14.9 Å². The largest absolute Gasteiger partial charge is 0.507 e. The number of benzene rings is 1. The molecule has 0 aliphatic carbocycles. The first-order valence-electron chi connectivity index (χ1n) is 7.62. The lowest BCUT2D eigenvalue weighted by molar-refractivity contribution is -0.00280. The maximum Gasteiger partial charge on any atom is 0.165 e. The molecule has 22 heavy (non-hydrogen) atoms. The van der Waals surface area contributed by atoms with Gasteiger partial charge in [-0.25, -0.2) is 9.97 Å². The molecular weight excluding hydrogens is 276 g/mol. The van der Waals surface area contributed by atoms with Crippen molar-refractivity contribution >= 4 is 5.82 Å². The molecule has 1 N–H and O–H groups in total. The minimum atomic E-state index is 0.222. The van der Waals surface area contributed by atoms with Crippen molar-refractivity contribution in [3.8, 4) is 17.1 Å². The molecule has 1 aromatic heterocycles. The molecule has 2 saturated heterocycles. The summed E-state index contributed by atoms with van der Waals surface area (Å²) in [5, 5.41) is 10.0. The third kappa shape index (κ3) is 2.13. The van der Waals surface area contributed by atoms with Crippen LogP contribution in [0.3, 0.4) is 0 Å². The van der Waals surface area contributed by atoms with E-state index in [2.05, 4.69) is 26.8 Å². The second-order valence-electron chi connectivity index (χ2n) is 6.74. The SMILES string of the molecule is Cc1cc(N2CC3(CN(C)C3)C2)nc(-c2ccccc2O)n1. The third-order valence-electron chi connectivity index (χ3n) is 4.57. The van der Waals surface area contributed by atoms with Crippen LogP contribution in [0.5, 0.6) is 5.75 Å². The molecule has 0 saturated carbocycles. The predicted octanol–water partition coefficient (Wildman–Crippen LogP) is 1.91. The van der Waals surface area contributed by atoms with Crippen molar-refractivity contribution in [2.24, 2.45) is 5.41 Å². The molecule has 2 fully saturated rings. The van der Waals surface area contributed by atoms with Gasteiger partial charge in [0.2, 0.25) is 0 Å². The zero-order valence-corrected chi connectivity index (χ0v) is 13.0. The number of nitrogens with zero attached hydrogens (tertiary/aromatic N) is 4. The van der Waals surface area contributed by atoms with Gasteiger partial charge in [-0.15, -0.1) is 0 Å². The molecular formula is C17H20N4O. The van der Waals surface area contributed by atoms with Crippen LogP contribution in [0.15, 0.2) is 30.3 Å². The van der Waals surface area contributed by atoms with E-state index in [9.17, 15) is 5.11 Å². The van der Waals surface area contributed by atoms with E-state index in [0.29, 0.717) is 16.8 Å². The van der Waals surface area contributed by atoms with Crippen LogP contribution in [-0.2, 0) is 0 Å². The summed E-state index contributed by atoms with van der Waals surface area (Å²) in [5.74, 6) is 1.78. The van der Waals surface area contributed by atoms with Crippen molar-refractivity contribution in [3.05, 3.63) is 36.0 Å². The van der Waals surface area contributed by atoms with Crippen molar-refractivity contribution in [1.82, 2.24) is 14.9 Å². The van der Waals surface area contributed by atoms with E-state index in [1.165, 1.54) is 13.1 Å². The lowest BCUT2D eigenvalue weighted by Crippen LogP contribution is -2.71. The average Bonchev–Trinajstić information content (AvgIpc) is 2.41. The Morgan fingerprint density at radius 2 is 1.82 bits per heavy atom. The highest BCUT2D eigenvalue weighted by atomic mass is 16.3. The van der Waals surface area contributed by atoms with Crippen LogP contribution >= 0.6 is 0 Å². The summed E-state index contributed by atoms with van der Waals surface area (Å²) >= 11 is 0. The lowest BCUT2D eigenvalue weighted by atomic mass is 9.73. The van der Waals surface area contributed by atoms with E-state index in [0.717, 1.165) is 24.6 Å². The topological polar surface area (TPSA) is 52.5 Å². The first-order chi connectivity index (χ1) is 10.5. The average molecular weight is 296 g/mol. The Kier molecular flexibility index (Phi) is 2.87. The van der Waals surface area contributed by atoms with Crippen molar-refractivity contribution in [3.63, 3.8) is 0 Å². The fraction of sp³-hybridized carbons (Fsp3) is 0.412. The second-order valence-corrected chi connectivity index (χ2v) is 6.74. The third-order valence-corrected chi connectivity index (χ3v) is 4.57. The first-order valence-corrected chi connectivity index (χ1v) is 7.62. The molecule has 3 heterocycles. The van der Waals surface area contributed by atoms with Gasteiger partial charge in [0.25, 0.3) is 0 Å². The lowest BCUT2D eigenvalue weighted by Gasteiger charge is -2.59. The van der Waals surface area contributed by atoms with Gasteiger partial charge in [-0.05, 0) is 26.1 Å². The first kappa shape index (κ1) is 13.5. The summed E-state index contributed by atoms with van der Waals surface area (Å²) < 4.78 is 0. The highest BCUT2D eigenvalue weighted by Crippen LogP contribution is 2.41. The van der Waals surface area contributed by atoms with Crippen molar-refractivity contribution in [2.75, 3.05) is 38.1 Å². The molecule has 2 aliphatic heterocycles. The Bertz CT molecular complexity index is 716. The number of phenols is 1. The number of hydrogen-bond donors (Lipinski definition) is 1. The Morgan fingerprint density at radius 3 is 2.50 bits per heavy atom. The highest BCUT2D eigenvalue weighted by molar-refractivity contribution is 5.65. The van der Waals surface area contributed by atoms with E-state index in [1.54, 1.807) is 6.07 Å². The van der Waals surface area contributed by atoms with Gasteiger partial charge in [0.1, 0.15) is 11.6 Å². The molecule has 2 aromatic rings. The van der Waals surface area contributed by atoms with Gasteiger partial charge in [-0.3, -0.25) is 0 Å². The summed E-state index contributed by atoms with van der Waals surface area (Å²) in [6.07, 6.45) is 0. The smallest absolute Gasteiger partial charge is 0.165 e. The Hall–Kier alpha value is -2.14. The van der Waals surface area contributed by atoms with Crippen LogP contribution in [0.2, 0.25) is 0 Å². The van der Waals surface area contributed by atoms with Gasteiger partial charge in [0.15, 0.2) is 5.82 Å². The molecule has 0 radical (unpaired) electrons. The van der Waals surface area contributed by atoms with E-state index in [-0.39, 0.29) is 5.75 Å². The number of aromatic nitrogens is 2. The predicted molar refractivity (Wildman–Crippen MR) is 86.0 cm³/mol. The monoisotopic (exact) mass is 296 g/mol. The van der Waals surface area contributed by atoms with Crippen LogP contribution in [0, 0.1) is 12.3 Å². The Morgan fingerprint density at radius 1 is 1.09 bits per heavy atom. The number of rotatable bonds is 2. The Labute approximate surface area is 130 Å². The molecule has 0 unspecified atom stereocenters. The van der Waals surface area contributed by atoms with E-state index < -0.39 is 0 Å². The highest BCUT2D eigenvalue weighted by Gasteiger charge is 2.50. The summed E-state index contributed by atoms with van der Waals surface area (Å²) in [6, 6.07) is 9.25. The summed E-state index contributed by atoms with van der Waals surface area (Å²) in [4.78, 5) is 13.8. The van der Waals surface area contributed by atoms with Gasteiger partial charge in [-0.2, -0.15) is 0 Å². The van der Waals surface area contributed by atoms with E-state index in [4.69, 9.17) is 0 Å². The maximum absolute atomic E-state index is 10.0. The molecule has 114 valence electrons. The molecule has 0 atom stereocenters. The normalized spacial score (nSPS) is 19.8. The molecule has 5 nitrogen and oxygen atoms in total. The van der Waals surface area contributed by atoms with Crippen LogP contribution in [0.25, 0.3) is 11.4 Å². The summed E-state index contributed by atoms with van der Waals surface area (Å²) in [5.41, 5.74) is 2.09. The van der Waals surface area contributed by atoms with Crippen LogP contribution in [-0.4, -0.2) is 53.2 Å². The molecule has 0 bridgehead atoms. The fourth-order valence-electron chi connectivity index (χ4n) is 3.72. The fourth-order valence-corrected chi connectivity index (χ4v) is 3.72. The number of hydrogen-bond acceptors (Lipinski definition) is 5. The minimum Gasteiger partial charge on any atom is -0.507 e. The number of para-hydroxylation sites is 1. The van der Waals surface area contributed by atoms with E-state index >= 15 is 0 Å². The van der Waals surface area contributed by atoms with Crippen molar-refractivity contribution in [2.45, 2.75) is 6.92 Å². The molecule has 2 aliphatic rings. The molecule has 0 amide bonds. The van der Waals surface area contributed by atoms with Gasteiger partial charge in [0.05, 0.1) is 5.56 Å². The second kappa shape index (κ2) is 4.68. The van der Waals surface area contributed by atoms with Gasteiger partial charge in [0, 0.05) is 43.4 Å². The summed E-state index contributed by atoms with van der Waals surface area (Å²) in [6.45, 7) is 6.46. The zero-order valence-electron chi connectivity index (χ0n) is 13.0. The Balaban J connectivity index is 1.61. The number of aromatic hydroxyl groups is 1. The molecule has 1 spiro atoms. The standard InChI is InChI=1S/C17H20N4O/c1-12-7-15(21-10-17(11-21)8-20(2)9-17)19-16(18-12)13-5-3-4-6-14(13)22/h3-7,22H,8-11H2,1-2H3. The quantitative estimate of drug-likeness (QED) is 0.917. The number of phenolic OH excluding ortho intramolecular Hbond substituents is 1. The van der Waals surface area contributed by atoms with Gasteiger partial charge >= 0.3 is 0 Å². The number of aryl methyl sites for hydroxylation is 1. The molecule has 4 rings (SSSR count). The molecule has 1 aromatic carbocycles. The van der Waals surface area contributed by atoms with E-state index in [1.807, 2.05) is 31.2 Å². The van der Waals surface area contributed by atoms with Crippen LogP contribution < -0.4 is 4.90 Å². The number of likely N-dealkylation sites (tertiary alicyclic amines) is 1. The minimum absolute atomic E-state index is 0.222. The van der Waals surface area contributed by atoms with Crippen LogP contribution in [0.4, 0.5) is 5.82 Å². The molecule has 5 heteroatoms. The van der Waals surface area contributed by atoms with Crippen LogP contribution in [0.1, 0.15) is 5.69 Å². The zero-order chi connectivity index (χ0) is 15.3. The van der Waals surface area contributed by atoms with Crippen molar-refractivity contribution < 1.29 is 5.11 Å².